The minimum Gasteiger partial charge on any atom is -0.375 e. The molecule has 0 radical (unpaired) electrons. The molecule has 0 unspecified atom stereocenters. The highest BCUT2D eigenvalue weighted by Crippen LogP contribution is 2.58. The van der Waals surface area contributed by atoms with E-state index in [1.807, 2.05) is 0 Å². The number of alkyl halides is 12. The fourth-order valence-corrected chi connectivity index (χ4v) is 5.40. The van der Waals surface area contributed by atoms with Gasteiger partial charge in [0.15, 0.2) is 0 Å². The summed E-state index contributed by atoms with van der Waals surface area (Å²) in [4.78, 5) is 0. The number of ether oxygens (including phenoxy) is 1. The van der Waals surface area contributed by atoms with Crippen LogP contribution in [-0.2, 0) is 4.74 Å². The molecule has 186 valence electrons. The Morgan fingerprint density at radius 3 is 1.75 bits per heavy atom. The number of benzene rings is 1. The second-order valence-electron chi connectivity index (χ2n) is 6.58. The Labute approximate surface area is 184 Å². The minimum atomic E-state index is -7.56. The average molecular weight is 549 g/mol. The lowest BCUT2D eigenvalue weighted by Crippen LogP contribution is -2.69. The molecule has 0 saturated heterocycles. The third kappa shape index (κ3) is 5.44. The molecule has 0 heterocycles. The summed E-state index contributed by atoms with van der Waals surface area (Å²) in [6.07, 6.45) is -5.78. The van der Waals surface area contributed by atoms with Crippen molar-refractivity contribution >= 4 is 34.0 Å². The predicted octanol–water partition coefficient (Wildman–Crippen LogP) is 6.66. The van der Waals surface area contributed by atoms with Gasteiger partial charge in [-0.25, -0.2) is 8.78 Å². The fraction of sp³-hybridized carbons (Fsp3) is 0.625. The topological polar surface area (TPSA) is 9.23 Å². The van der Waals surface area contributed by atoms with Gasteiger partial charge in [0.25, 0.3) is 6.69 Å². The zero-order chi connectivity index (χ0) is 25.2. The van der Waals surface area contributed by atoms with Crippen LogP contribution in [0.25, 0.3) is 0 Å². The van der Waals surface area contributed by atoms with Crippen molar-refractivity contribution in [3.8, 4) is 0 Å². The van der Waals surface area contributed by atoms with Crippen LogP contribution in [0, 0.1) is 0 Å². The predicted molar refractivity (Wildman–Crippen MR) is 94.5 cm³/mol. The van der Waals surface area contributed by atoms with Crippen molar-refractivity contribution in [2.75, 3.05) is 13.2 Å². The molecule has 1 aromatic rings. The number of hydrogen-bond donors (Lipinski definition) is 0. The smallest absolute Gasteiger partial charge is 0.375 e. The van der Waals surface area contributed by atoms with Gasteiger partial charge in [-0.15, -0.1) is 22.2 Å². The van der Waals surface area contributed by atoms with Crippen molar-refractivity contribution in [1.82, 2.24) is 0 Å². The van der Waals surface area contributed by atoms with Crippen molar-refractivity contribution in [3.63, 3.8) is 0 Å². The minimum absolute atomic E-state index is 0.0725. The average Bonchev–Trinajstić information content (AvgIpc) is 2.67. The maximum Gasteiger partial charge on any atom is 0.384 e. The Balaban J connectivity index is 2.82. The standard InChI is InChI=1S/C16H14Cl2F12OSi/c17-32(18,10-5-2-1-3-6-10)8-4-7-31-9-12(21,22)14(25,26)16(29,30)15(27,28)13(23,24)11(19)20/h1-3,5-6,11H,4,7-9H2. The van der Waals surface area contributed by atoms with Gasteiger partial charge in [-0.05, 0) is 17.7 Å². The van der Waals surface area contributed by atoms with E-state index in [2.05, 4.69) is 4.74 Å². The van der Waals surface area contributed by atoms with Gasteiger partial charge in [-0.2, -0.15) is 43.9 Å². The van der Waals surface area contributed by atoms with E-state index in [4.69, 9.17) is 22.2 Å². The second-order valence-corrected chi connectivity index (χ2v) is 13.5. The highest BCUT2D eigenvalue weighted by Gasteiger charge is 2.87. The van der Waals surface area contributed by atoms with Crippen molar-refractivity contribution in [1.29, 1.82) is 0 Å². The van der Waals surface area contributed by atoms with Crippen LogP contribution in [0.2, 0.25) is 6.04 Å². The lowest BCUT2D eigenvalue weighted by molar-refractivity contribution is -0.415. The molecule has 0 N–H and O–H groups in total. The first-order valence-corrected chi connectivity index (χ1v) is 12.7. The number of hydrogen-bond acceptors (Lipinski definition) is 1. The van der Waals surface area contributed by atoms with Crippen LogP contribution in [-0.4, -0.2) is 55.9 Å². The number of halogens is 14. The van der Waals surface area contributed by atoms with Gasteiger partial charge in [0.05, 0.1) is 0 Å². The van der Waals surface area contributed by atoms with Gasteiger partial charge in [-0.3, -0.25) is 0 Å². The van der Waals surface area contributed by atoms with Gasteiger partial charge in [0.1, 0.15) is 6.61 Å². The van der Waals surface area contributed by atoms with Crippen LogP contribution in [0.1, 0.15) is 6.42 Å². The molecule has 0 bridgehead atoms. The van der Waals surface area contributed by atoms with Gasteiger partial charge in [0, 0.05) is 6.61 Å². The van der Waals surface area contributed by atoms with Crippen molar-refractivity contribution in [3.05, 3.63) is 30.3 Å². The largest absolute Gasteiger partial charge is 0.384 e. The summed E-state index contributed by atoms with van der Waals surface area (Å²) >= 11 is 12.3. The molecule has 0 spiro atoms. The highest BCUT2D eigenvalue weighted by atomic mass is 35.7. The normalized spacial score (nSPS) is 14.8. The number of rotatable bonds is 12. The van der Waals surface area contributed by atoms with Crippen LogP contribution in [0.4, 0.5) is 52.7 Å². The lowest BCUT2D eigenvalue weighted by atomic mass is 9.94. The summed E-state index contributed by atoms with van der Waals surface area (Å²) in [7, 11) is 0. The Kier molecular flexibility index (Phi) is 8.92. The van der Waals surface area contributed by atoms with E-state index >= 15 is 0 Å². The summed E-state index contributed by atoms with van der Waals surface area (Å²) in [5, 5.41) is 0.502. The van der Waals surface area contributed by atoms with E-state index in [-0.39, 0.29) is 12.5 Å². The Bertz CT molecular complexity index is 746. The van der Waals surface area contributed by atoms with Crippen LogP contribution < -0.4 is 5.19 Å². The van der Waals surface area contributed by atoms with Crippen molar-refractivity contribution in [2.45, 2.75) is 48.5 Å². The van der Waals surface area contributed by atoms with E-state index in [0.29, 0.717) is 5.19 Å². The molecule has 1 nitrogen and oxygen atoms in total. The summed E-state index contributed by atoms with van der Waals surface area (Å²) in [6.45, 7) is -6.56. The van der Waals surface area contributed by atoms with Gasteiger partial charge in [0.2, 0.25) is 0 Å². The summed E-state index contributed by atoms with van der Waals surface area (Å²) in [5.41, 5.74) is 0. The maximum absolute atomic E-state index is 13.6. The summed E-state index contributed by atoms with van der Waals surface area (Å²) < 4.78 is 161. The van der Waals surface area contributed by atoms with E-state index in [0.717, 1.165) is 0 Å². The first-order valence-electron chi connectivity index (χ1n) is 8.44. The molecule has 0 amide bonds. The lowest BCUT2D eigenvalue weighted by Gasteiger charge is -2.39. The molecular weight excluding hydrogens is 535 g/mol. The fourth-order valence-electron chi connectivity index (χ4n) is 2.29. The molecule has 1 rings (SSSR count). The molecular formula is C16H14Cl2F12OSi. The summed E-state index contributed by atoms with van der Waals surface area (Å²) in [5.74, 6) is -35.4. The van der Waals surface area contributed by atoms with Crippen LogP contribution >= 0.6 is 22.2 Å². The first kappa shape index (κ1) is 29.2. The third-order valence-corrected chi connectivity index (χ3v) is 8.80. The van der Waals surface area contributed by atoms with Gasteiger partial charge < -0.3 is 4.74 Å². The van der Waals surface area contributed by atoms with E-state index in [1.165, 1.54) is 0 Å². The Morgan fingerprint density at radius 1 is 0.781 bits per heavy atom. The van der Waals surface area contributed by atoms with Gasteiger partial charge >= 0.3 is 36.0 Å². The van der Waals surface area contributed by atoms with Crippen LogP contribution in [0.15, 0.2) is 30.3 Å². The Morgan fingerprint density at radius 2 is 1.28 bits per heavy atom. The molecule has 32 heavy (non-hydrogen) atoms. The zero-order valence-corrected chi connectivity index (χ0v) is 18.0. The molecule has 0 saturated carbocycles. The molecule has 0 aliphatic heterocycles. The molecule has 0 aliphatic rings. The SMILES string of the molecule is FC(F)C(F)(F)C(F)(F)C(F)(F)C(F)(F)C(F)(F)COCCC[Si](Cl)(Cl)c1ccccc1. The van der Waals surface area contributed by atoms with E-state index < -0.39 is 55.9 Å². The molecule has 0 fully saturated rings. The van der Waals surface area contributed by atoms with Gasteiger partial charge in [-0.1, -0.05) is 30.3 Å². The highest BCUT2D eigenvalue weighted by molar-refractivity contribution is 7.50. The van der Waals surface area contributed by atoms with E-state index in [9.17, 15) is 52.7 Å². The molecule has 1 aromatic carbocycles. The van der Waals surface area contributed by atoms with Crippen molar-refractivity contribution < 1.29 is 57.4 Å². The Hall–Kier alpha value is -0.863. The first-order chi connectivity index (χ1) is 14.3. The third-order valence-electron chi connectivity index (χ3n) is 4.20. The maximum atomic E-state index is 13.6. The molecule has 0 atom stereocenters. The monoisotopic (exact) mass is 548 g/mol. The van der Waals surface area contributed by atoms with Crippen LogP contribution in [0.5, 0.6) is 0 Å². The molecule has 0 aromatic heterocycles. The van der Waals surface area contributed by atoms with Crippen molar-refractivity contribution in [2.24, 2.45) is 0 Å². The second kappa shape index (κ2) is 9.78. The molecule has 0 aliphatic carbocycles. The van der Waals surface area contributed by atoms with E-state index in [1.54, 1.807) is 30.3 Å². The molecule has 16 heteroatoms. The van der Waals surface area contributed by atoms with Crippen LogP contribution in [0.3, 0.4) is 0 Å². The summed E-state index contributed by atoms with van der Waals surface area (Å²) in [6, 6.07) is 7.86. The zero-order valence-electron chi connectivity index (χ0n) is 15.5. The quantitative estimate of drug-likeness (QED) is 0.123.